The molecule has 0 radical (unpaired) electrons. The number of hydrogen-bond donors (Lipinski definition) is 3. The average Bonchev–Trinajstić information content (AvgIpc) is 3.38. The molecule has 3 atom stereocenters. The Balaban J connectivity index is 1.33. The number of imidazole rings is 1. The summed E-state index contributed by atoms with van der Waals surface area (Å²) in [7, 11) is -3.99. The van der Waals surface area contributed by atoms with Crippen molar-refractivity contribution in [1.82, 2.24) is 9.55 Å². The molecule has 3 N–H and O–H groups in total. The van der Waals surface area contributed by atoms with E-state index in [-0.39, 0.29) is 40.6 Å². The summed E-state index contributed by atoms with van der Waals surface area (Å²) < 4.78 is 55.4. The summed E-state index contributed by atoms with van der Waals surface area (Å²) in [4.78, 5) is 16.4. The molecule has 3 fully saturated rings. The molecule has 196 valence electrons. The number of aliphatic hydroxyl groups is 2. The number of halogens is 3. The zero-order valence-electron chi connectivity index (χ0n) is 19.4. The first kappa shape index (κ1) is 25.8. The maximum Gasteiger partial charge on any atom is 0.255 e. The molecule has 37 heavy (non-hydrogen) atoms. The van der Waals surface area contributed by atoms with E-state index >= 15 is 0 Å². The average molecular weight is 552 g/mol. The molecule has 3 aliphatic rings. The van der Waals surface area contributed by atoms with Crippen LogP contribution in [0.2, 0.25) is 5.02 Å². The lowest BCUT2D eigenvalue weighted by molar-refractivity contribution is -0.233. The van der Waals surface area contributed by atoms with E-state index in [4.69, 9.17) is 11.6 Å². The second-order valence-electron chi connectivity index (χ2n) is 9.66. The van der Waals surface area contributed by atoms with Gasteiger partial charge in [-0.2, -0.15) is 0 Å². The van der Waals surface area contributed by atoms with Crippen molar-refractivity contribution in [2.75, 3.05) is 5.32 Å². The predicted octanol–water partition coefficient (Wildman–Crippen LogP) is 3.43. The number of aromatic nitrogens is 2. The molecule has 3 unspecified atom stereocenters. The van der Waals surface area contributed by atoms with Gasteiger partial charge in [0, 0.05) is 29.7 Å². The number of nitrogens with one attached hydrogen (secondary N) is 1. The summed E-state index contributed by atoms with van der Waals surface area (Å²) in [6, 6.07) is 6.65. The summed E-state index contributed by atoms with van der Waals surface area (Å²) >= 11 is 6.24. The Hall–Kier alpha value is -2.86. The van der Waals surface area contributed by atoms with Gasteiger partial charge in [-0.05, 0) is 61.4 Å². The van der Waals surface area contributed by atoms with Crippen molar-refractivity contribution >= 4 is 33.0 Å². The number of carbonyl (C=O) groups is 1. The lowest BCUT2D eigenvalue weighted by atomic mass is 9.52. The number of fused-ring (bicyclic) bond motifs is 2. The third-order valence-corrected chi connectivity index (χ3v) is 10.2. The number of hydrogen-bond acceptors (Lipinski definition) is 6. The summed E-state index contributed by atoms with van der Waals surface area (Å²) in [5.74, 6) is -3.75. The fourth-order valence-electron chi connectivity index (χ4n) is 5.55. The zero-order valence-corrected chi connectivity index (χ0v) is 21.0. The van der Waals surface area contributed by atoms with Crippen molar-refractivity contribution < 1.29 is 32.2 Å². The van der Waals surface area contributed by atoms with E-state index in [2.05, 4.69) is 10.3 Å². The molecule has 1 aromatic heterocycles. The molecule has 6 rings (SSSR count). The third-order valence-electron chi connectivity index (χ3n) is 7.56. The van der Waals surface area contributed by atoms with Gasteiger partial charge in [-0.3, -0.25) is 4.79 Å². The van der Waals surface area contributed by atoms with Crippen LogP contribution in [0.15, 0.2) is 60.0 Å². The first-order valence-electron chi connectivity index (χ1n) is 11.7. The fraction of sp³-hybridized carbons (Fsp3) is 0.360. The third kappa shape index (κ3) is 4.54. The molecular weight excluding hydrogens is 528 g/mol. The van der Waals surface area contributed by atoms with Gasteiger partial charge in [-0.25, -0.2) is 22.2 Å². The normalized spacial score (nSPS) is 25.8. The van der Waals surface area contributed by atoms with E-state index in [1.807, 2.05) is 0 Å². The lowest BCUT2D eigenvalue weighted by Crippen LogP contribution is -2.68. The molecule has 0 saturated heterocycles. The topological polar surface area (TPSA) is 122 Å². The molecule has 2 bridgehead atoms. The summed E-state index contributed by atoms with van der Waals surface area (Å²) in [6.07, 6.45) is 4.57. The van der Waals surface area contributed by atoms with Crippen LogP contribution in [0.25, 0.3) is 0 Å². The number of anilines is 1. The second-order valence-corrected chi connectivity index (χ2v) is 12.3. The van der Waals surface area contributed by atoms with Crippen molar-refractivity contribution in [2.45, 2.75) is 47.7 Å². The van der Waals surface area contributed by atoms with Crippen LogP contribution in [0.3, 0.4) is 0 Å². The van der Waals surface area contributed by atoms with Gasteiger partial charge in [0.05, 0.1) is 33.6 Å². The SMILES string of the molecule is O=C(Nc1ccc(F)c(F)c1)c1ccc(Cl)c(S(=O)(=O)C2CC3CC(C2)C3(O)C(O)Cn2ccnc2)c1. The molecule has 3 aliphatic carbocycles. The highest BCUT2D eigenvalue weighted by Gasteiger charge is 2.63. The van der Waals surface area contributed by atoms with Crippen LogP contribution in [0, 0.1) is 23.5 Å². The second kappa shape index (κ2) is 9.46. The van der Waals surface area contributed by atoms with Crippen LogP contribution in [0.4, 0.5) is 14.5 Å². The van der Waals surface area contributed by atoms with Crippen LogP contribution in [0.1, 0.15) is 29.6 Å². The van der Waals surface area contributed by atoms with E-state index in [0.29, 0.717) is 6.42 Å². The number of rotatable bonds is 7. The lowest BCUT2D eigenvalue weighted by Gasteiger charge is -2.60. The summed E-state index contributed by atoms with van der Waals surface area (Å²) in [5, 5.41) is 23.5. The van der Waals surface area contributed by atoms with Gasteiger partial charge in [0.25, 0.3) is 5.91 Å². The van der Waals surface area contributed by atoms with Gasteiger partial charge in [0.1, 0.15) is 6.10 Å². The van der Waals surface area contributed by atoms with Crippen molar-refractivity contribution in [3.63, 3.8) is 0 Å². The molecule has 1 heterocycles. The molecule has 3 saturated carbocycles. The monoisotopic (exact) mass is 551 g/mol. The van der Waals surface area contributed by atoms with Crippen LogP contribution >= 0.6 is 11.6 Å². The van der Waals surface area contributed by atoms with Gasteiger partial charge >= 0.3 is 0 Å². The highest BCUT2D eigenvalue weighted by Crippen LogP contribution is 2.57. The van der Waals surface area contributed by atoms with Gasteiger partial charge in [0.15, 0.2) is 21.5 Å². The summed E-state index contributed by atoms with van der Waals surface area (Å²) in [6.45, 7) is 0.141. The van der Waals surface area contributed by atoms with E-state index in [9.17, 15) is 32.2 Å². The number of carbonyl (C=O) groups excluding carboxylic acids is 1. The van der Waals surface area contributed by atoms with E-state index in [1.54, 1.807) is 17.0 Å². The van der Waals surface area contributed by atoms with Crippen molar-refractivity contribution in [1.29, 1.82) is 0 Å². The predicted molar refractivity (Wildman–Crippen MR) is 131 cm³/mol. The maximum atomic E-state index is 13.6. The molecule has 0 spiro atoms. The number of aliphatic hydroxyl groups excluding tert-OH is 1. The Labute approximate surface area is 216 Å². The van der Waals surface area contributed by atoms with E-state index < -0.39 is 56.2 Å². The highest BCUT2D eigenvalue weighted by molar-refractivity contribution is 7.92. The molecule has 2 aromatic carbocycles. The van der Waals surface area contributed by atoms with E-state index in [1.165, 1.54) is 24.5 Å². The van der Waals surface area contributed by atoms with Gasteiger partial charge in [-0.1, -0.05) is 11.6 Å². The Bertz CT molecular complexity index is 1440. The van der Waals surface area contributed by atoms with Crippen molar-refractivity contribution in [3.05, 3.63) is 77.3 Å². The molecule has 1 amide bonds. The minimum Gasteiger partial charge on any atom is -0.388 e. The molecule has 0 aliphatic heterocycles. The van der Waals surface area contributed by atoms with Crippen LogP contribution in [0.5, 0.6) is 0 Å². The first-order chi connectivity index (χ1) is 17.5. The first-order valence-corrected chi connectivity index (χ1v) is 13.6. The molecule has 12 heteroatoms. The number of amides is 1. The minimum atomic E-state index is -3.99. The summed E-state index contributed by atoms with van der Waals surface area (Å²) in [5.41, 5.74) is -1.42. The largest absolute Gasteiger partial charge is 0.388 e. The molecule has 8 nitrogen and oxygen atoms in total. The number of sulfone groups is 1. The van der Waals surface area contributed by atoms with Gasteiger partial charge in [0.2, 0.25) is 0 Å². The maximum absolute atomic E-state index is 13.6. The minimum absolute atomic E-state index is 0.00385. The van der Waals surface area contributed by atoms with Gasteiger partial charge < -0.3 is 20.1 Å². The Kier molecular flexibility index (Phi) is 6.59. The Morgan fingerprint density at radius 1 is 1.16 bits per heavy atom. The Morgan fingerprint density at radius 3 is 2.54 bits per heavy atom. The van der Waals surface area contributed by atoms with Crippen molar-refractivity contribution in [2.24, 2.45) is 11.8 Å². The fourth-order valence-corrected chi connectivity index (χ4v) is 7.95. The van der Waals surface area contributed by atoms with Crippen LogP contribution in [-0.4, -0.2) is 51.0 Å². The number of nitrogens with zero attached hydrogens (tertiary/aromatic N) is 2. The number of benzene rings is 2. The highest BCUT2D eigenvalue weighted by atomic mass is 35.5. The van der Waals surface area contributed by atoms with Crippen LogP contribution in [-0.2, 0) is 16.4 Å². The Morgan fingerprint density at radius 2 is 1.89 bits per heavy atom. The smallest absolute Gasteiger partial charge is 0.255 e. The molecule has 3 aromatic rings. The molecular formula is C25H24ClF2N3O5S. The van der Waals surface area contributed by atoms with E-state index in [0.717, 1.165) is 18.2 Å². The standard InChI is InChI=1S/C25H24ClF2N3O5S/c26-19-3-1-14(24(33)30-17-2-4-20(27)21(28)11-17)7-22(19)37(35,36)18-9-15-8-16(10-18)25(15,34)23(32)12-31-6-5-29-13-31/h1-7,11,13,15-16,18,23,32,34H,8-10,12H2,(H,30,33). The van der Waals surface area contributed by atoms with Crippen molar-refractivity contribution in [3.8, 4) is 0 Å². The zero-order chi connectivity index (χ0) is 26.5. The quantitative estimate of drug-likeness (QED) is 0.414. The van der Waals surface area contributed by atoms with Crippen LogP contribution < -0.4 is 5.32 Å². The van der Waals surface area contributed by atoms with Gasteiger partial charge in [-0.15, -0.1) is 0 Å².